The number of nitrogens with one attached hydrogen (secondary N) is 1. The van der Waals surface area contributed by atoms with Crippen LogP contribution in [-0.2, 0) is 16.1 Å². The number of hydrogen-bond acceptors (Lipinski definition) is 3. The monoisotopic (exact) mass is 307 g/mol. The van der Waals surface area contributed by atoms with E-state index in [1.165, 1.54) is 4.68 Å². The fraction of sp³-hybridized carbons (Fsp3) is 0.444. The molecule has 0 saturated heterocycles. The lowest BCUT2D eigenvalue weighted by Gasteiger charge is -2.03. The zero-order chi connectivity index (χ0) is 12.0. The Labute approximate surface area is 106 Å². The van der Waals surface area contributed by atoms with E-state index in [9.17, 15) is 9.59 Å². The Morgan fingerprint density at radius 3 is 2.88 bits per heavy atom. The van der Waals surface area contributed by atoms with E-state index in [0.29, 0.717) is 13.0 Å². The molecule has 1 aromatic rings. The first-order valence-corrected chi connectivity index (χ1v) is 5.88. The molecule has 5 nitrogen and oxygen atoms in total. The molecule has 88 valence electrons. The standard InChI is InChI=1S/C9H11BrClN3O2/c10-7-4-13-14(5-7)6-9(16)12-3-1-2-8(11)15/h4-5H,1-3,6H2,(H,12,16). The van der Waals surface area contributed by atoms with Crippen LogP contribution >= 0.6 is 27.5 Å². The van der Waals surface area contributed by atoms with Crippen LogP contribution in [0.2, 0.25) is 0 Å². The molecule has 1 aromatic heterocycles. The van der Waals surface area contributed by atoms with Crippen molar-refractivity contribution in [3.63, 3.8) is 0 Å². The van der Waals surface area contributed by atoms with E-state index in [1.807, 2.05) is 0 Å². The first kappa shape index (κ1) is 13.2. The van der Waals surface area contributed by atoms with E-state index < -0.39 is 0 Å². The molecule has 0 fully saturated rings. The minimum Gasteiger partial charge on any atom is -0.354 e. The van der Waals surface area contributed by atoms with Gasteiger partial charge in [0.25, 0.3) is 0 Å². The van der Waals surface area contributed by atoms with Crippen LogP contribution in [0.5, 0.6) is 0 Å². The Bertz CT molecular complexity index is 381. The summed E-state index contributed by atoms with van der Waals surface area (Å²) in [6, 6.07) is 0. The molecule has 0 atom stereocenters. The van der Waals surface area contributed by atoms with Gasteiger partial charge in [-0.3, -0.25) is 14.3 Å². The average molecular weight is 309 g/mol. The second-order valence-corrected chi connectivity index (χ2v) is 4.50. The number of carbonyl (C=O) groups is 2. The highest BCUT2D eigenvalue weighted by Crippen LogP contribution is 2.05. The van der Waals surface area contributed by atoms with E-state index >= 15 is 0 Å². The molecule has 0 aliphatic heterocycles. The smallest absolute Gasteiger partial charge is 0.241 e. The van der Waals surface area contributed by atoms with Crippen molar-refractivity contribution in [3.05, 3.63) is 16.9 Å². The van der Waals surface area contributed by atoms with Gasteiger partial charge in [-0.1, -0.05) is 0 Å². The van der Waals surface area contributed by atoms with Gasteiger partial charge >= 0.3 is 0 Å². The largest absolute Gasteiger partial charge is 0.354 e. The molecule has 1 amide bonds. The summed E-state index contributed by atoms with van der Waals surface area (Å²) in [4.78, 5) is 21.8. The van der Waals surface area contributed by atoms with Gasteiger partial charge in [-0.15, -0.1) is 0 Å². The van der Waals surface area contributed by atoms with Crippen molar-refractivity contribution < 1.29 is 9.59 Å². The quantitative estimate of drug-likeness (QED) is 0.636. The lowest BCUT2D eigenvalue weighted by Crippen LogP contribution is -2.28. The lowest BCUT2D eigenvalue weighted by atomic mass is 10.3. The molecular weight excluding hydrogens is 297 g/mol. The van der Waals surface area contributed by atoms with Gasteiger partial charge in [-0.2, -0.15) is 5.10 Å². The van der Waals surface area contributed by atoms with E-state index in [4.69, 9.17) is 11.6 Å². The van der Waals surface area contributed by atoms with Gasteiger partial charge in [0.05, 0.1) is 10.7 Å². The summed E-state index contributed by atoms with van der Waals surface area (Å²) in [7, 11) is 0. The molecule has 1 rings (SSSR count). The highest BCUT2D eigenvalue weighted by atomic mass is 79.9. The Morgan fingerprint density at radius 1 is 1.56 bits per heavy atom. The van der Waals surface area contributed by atoms with Crippen LogP contribution in [-0.4, -0.2) is 27.5 Å². The third-order valence-electron chi connectivity index (χ3n) is 1.78. The molecule has 1 N–H and O–H groups in total. The summed E-state index contributed by atoms with van der Waals surface area (Å²) >= 11 is 8.39. The first-order chi connectivity index (χ1) is 7.58. The topological polar surface area (TPSA) is 64.0 Å². The van der Waals surface area contributed by atoms with Gasteiger partial charge in [-0.25, -0.2) is 0 Å². The number of rotatable bonds is 6. The number of amides is 1. The maximum Gasteiger partial charge on any atom is 0.241 e. The Balaban J connectivity index is 2.18. The van der Waals surface area contributed by atoms with Gasteiger partial charge in [0.1, 0.15) is 6.54 Å². The number of carbonyl (C=O) groups excluding carboxylic acids is 2. The molecule has 0 aliphatic carbocycles. The minimum absolute atomic E-state index is 0.141. The van der Waals surface area contributed by atoms with Gasteiger partial charge in [0.15, 0.2) is 0 Å². The van der Waals surface area contributed by atoms with Crippen molar-refractivity contribution in [2.45, 2.75) is 19.4 Å². The molecule has 0 saturated carbocycles. The maximum atomic E-state index is 11.4. The zero-order valence-electron chi connectivity index (χ0n) is 8.45. The Hall–Kier alpha value is -0.880. The third kappa shape index (κ3) is 5.27. The molecule has 1 heterocycles. The molecule has 0 radical (unpaired) electrons. The van der Waals surface area contributed by atoms with Crippen molar-refractivity contribution >= 4 is 38.7 Å². The molecule has 7 heteroatoms. The molecule has 0 bridgehead atoms. The third-order valence-corrected chi connectivity index (χ3v) is 2.38. The minimum atomic E-state index is -0.384. The van der Waals surface area contributed by atoms with Crippen molar-refractivity contribution in [2.24, 2.45) is 0 Å². The first-order valence-electron chi connectivity index (χ1n) is 4.71. The molecule has 16 heavy (non-hydrogen) atoms. The van der Waals surface area contributed by atoms with E-state index in [0.717, 1.165) is 4.47 Å². The van der Waals surface area contributed by atoms with Gasteiger partial charge in [-0.05, 0) is 34.0 Å². The fourth-order valence-corrected chi connectivity index (χ4v) is 1.54. The van der Waals surface area contributed by atoms with Crippen molar-refractivity contribution in [2.75, 3.05) is 6.54 Å². The highest BCUT2D eigenvalue weighted by molar-refractivity contribution is 9.10. The second-order valence-electron chi connectivity index (χ2n) is 3.16. The lowest BCUT2D eigenvalue weighted by molar-refractivity contribution is -0.122. The summed E-state index contributed by atoms with van der Waals surface area (Å²) in [5.74, 6) is -0.141. The average Bonchev–Trinajstić information content (AvgIpc) is 2.58. The number of hydrogen-bond donors (Lipinski definition) is 1. The predicted molar refractivity (Wildman–Crippen MR) is 63.0 cm³/mol. The number of halogens is 2. The van der Waals surface area contributed by atoms with Gasteiger partial charge in [0.2, 0.25) is 11.1 Å². The van der Waals surface area contributed by atoms with Crippen LogP contribution < -0.4 is 5.32 Å². The Morgan fingerprint density at radius 2 is 2.31 bits per heavy atom. The van der Waals surface area contributed by atoms with E-state index in [2.05, 4.69) is 26.3 Å². The Kier molecular flexibility index (Phi) is 5.48. The number of nitrogens with zero attached hydrogens (tertiary/aromatic N) is 2. The normalized spacial score (nSPS) is 10.1. The molecule has 0 spiro atoms. The molecular formula is C9H11BrClN3O2. The predicted octanol–water partition coefficient (Wildman–Crippen LogP) is 1.31. The summed E-state index contributed by atoms with van der Waals surface area (Å²) in [5.41, 5.74) is 0. The maximum absolute atomic E-state index is 11.4. The van der Waals surface area contributed by atoms with Crippen LogP contribution in [0, 0.1) is 0 Å². The van der Waals surface area contributed by atoms with Gasteiger partial charge in [0, 0.05) is 19.2 Å². The molecule has 0 aromatic carbocycles. The van der Waals surface area contributed by atoms with Gasteiger partial charge < -0.3 is 5.32 Å². The summed E-state index contributed by atoms with van der Waals surface area (Å²) in [5, 5.41) is 6.23. The summed E-state index contributed by atoms with van der Waals surface area (Å²) in [6.07, 6.45) is 4.15. The van der Waals surface area contributed by atoms with Crippen LogP contribution in [0.15, 0.2) is 16.9 Å². The summed E-state index contributed by atoms with van der Waals surface area (Å²) in [6.45, 7) is 0.611. The molecule has 0 aliphatic rings. The fourth-order valence-electron chi connectivity index (χ4n) is 1.08. The highest BCUT2D eigenvalue weighted by Gasteiger charge is 2.03. The summed E-state index contributed by atoms with van der Waals surface area (Å²) < 4.78 is 2.35. The van der Waals surface area contributed by atoms with Crippen LogP contribution in [0.1, 0.15) is 12.8 Å². The number of aromatic nitrogens is 2. The van der Waals surface area contributed by atoms with Crippen molar-refractivity contribution in [1.82, 2.24) is 15.1 Å². The van der Waals surface area contributed by atoms with E-state index in [-0.39, 0.29) is 24.1 Å². The van der Waals surface area contributed by atoms with Crippen LogP contribution in [0.3, 0.4) is 0 Å². The van der Waals surface area contributed by atoms with Crippen molar-refractivity contribution in [1.29, 1.82) is 0 Å². The second kappa shape index (κ2) is 6.65. The van der Waals surface area contributed by atoms with Crippen molar-refractivity contribution in [3.8, 4) is 0 Å². The SMILES string of the molecule is O=C(Cl)CCCNC(=O)Cn1cc(Br)cn1. The zero-order valence-corrected chi connectivity index (χ0v) is 10.8. The van der Waals surface area contributed by atoms with Crippen LogP contribution in [0.4, 0.5) is 0 Å². The van der Waals surface area contributed by atoms with E-state index in [1.54, 1.807) is 12.4 Å². The molecule has 0 unspecified atom stereocenters. The van der Waals surface area contributed by atoms with Crippen LogP contribution in [0.25, 0.3) is 0 Å².